The second-order valence-corrected chi connectivity index (χ2v) is 12.4. The molecule has 1 aromatic carbocycles. The van der Waals surface area contributed by atoms with Crippen LogP contribution in [0.25, 0.3) is 0 Å². The average molecular weight is 544 g/mol. The Balaban J connectivity index is 2.88. The SMILES string of the molecule is CCCCCCCCN(CCCCCCCC)Cc1cc(CCCCCCC)cc(CCCCCCC)c1O. The normalized spacial score (nSPS) is 11.6. The summed E-state index contributed by atoms with van der Waals surface area (Å²) in [4.78, 5) is 2.67. The van der Waals surface area contributed by atoms with Gasteiger partial charge in [0.2, 0.25) is 0 Å². The van der Waals surface area contributed by atoms with Gasteiger partial charge in [0.1, 0.15) is 5.75 Å². The standard InChI is InChI=1S/C37H69NO/c1-5-9-13-17-21-25-29-38(30-26-22-18-14-10-6-2)33-36-32-34(27-23-19-15-11-7-3)31-35(37(36)39)28-24-20-16-12-8-4/h31-32,39H,5-30,33H2,1-4H3. The van der Waals surface area contributed by atoms with E-state index in [2.05, 4.69) is 44.7 Å². The minimum absolute atomic E-state index is 0.608. The Kier molecular flexibility index (Phi) is 23.9. The molecule has 0 amide bonds. The summed E-state index contributed by atoms with van der Waals surface area (Å²) in [6.07, 6.45) is 31.4. The Hall–Kier alpha value is -1.02. The van der Waals surface area contributed by atoms with Gasteiger partial charge >= 0.3 is 0 Å². The molecule has 0 saturated heterocycles. The zero-order valence-electron chi connectivity index (χ0n) is 27.1. The van der Waals surface area contributed by atoms with E-state index in [1.165, 1.54) is 171 Å². The van der Waals surface area contributed by atoms with Crippen molar-refractivity contribution in [3.05, 3.63) is 28.8 Å². The number of aromatic hydroxyl groups is 1. The van der Waals surface area contributed by atoms with Gasteiger partial charge in [-0.15, -0.1) is 0 Å². The van der Waals surface area contributed by atoms with Crippen molar-refractivity contribution in [1.82, 2.24) is 4.90 Å². The average Bonchev–Trinajstić information content (AvgIpc) is 2.94. The van der Waals surface area contributed by atoms with Crippen molar-refractivity contribution in [2.24, 2.45) is 0 Å². The summed E-state index contributed by atoms with van der Waals surface area (Å²) >= 11 is 0. The van der Waals surface area contributed by atoms with Crippen molar-refractivity contribution >= 4 is 0 Å². The summed E-state index contributed by atoms with van der Waals surface area (Å²) in [5.74, 6) is 0.608. The molecule has 0 aliphatic heterocycles. The first-order valence-corrected chi connectivity index (χ1v) is 17.7. The van der Waals surface area contributed by atoms with Crippen molar-refractivity contribution in [2.75, 3.05) is 13.1 Å². The molecule has 1 aromatic rings. The molecular formula is C37H69NO. The van der Waals surface area contributed by atoms with Crippen LogP contribution in [-0.2, 0) is 19.4 Å². The second kappa shape index (κ2) is 25.9. The maximum absolute atomic E-state index is 11.4. The lowest BCUT2D eigenvalue weighted by molar-refractivity contribution is 0.248. The number of nitrogens with zero attached hydrogens (tertiary/aromatic N) is 1. The number of benzene rings is 1. The summed E-state index contributed by atoms with van der Waals surface area (Å²) in [6.45, 7) is 12.4. The van der Waals surface area contributed by atoms with Gasteiger partial charge in [0.25, 0.3) is 0 Å². The van der Waals surface area contributed by atoms with Gasteiger partial charge in [-0.05, 0) is 62.7 Å². The van der Waals surface area contributed by atoms with Crippen LogP contribution in [0.1, 0.15) is 186 Å². The Labute approximate surface area is 245 Å². The van der Waals surface area contributed by atoms with Gasteiger partial charge < -0.3 is 5.11 Å². The van der Waals surface area contributed by atoms with Gasteiger partial charge in [0.15, 0.2) is 0 Å². The monoisotopic (exact) mass is 544 g/mol. The molecule has 1 N–H and O–H groups in total. The lowest BCUT2D eigenvalue weighted by Gasteiger charge is -2.24. The molecule has 0 atom stereocenters. The highest BCUT2D eigenvalue weighted by Crippen LogP contribution is 2.29. The van der Waals surface area contributed by atoms with E-state index in [0.717, 1.165) is 19.4 Å². The van der Waals surface area contributed by atoms with Crippen molar-refractivity contribution in [1.29, 1.82) is 0 Å². The highest BCUT2D eigenvalue weighted by molar-refractivity contribution is 5.44. The maximum Gasteiger partial charge on any atom is 0.123 e. The molecule has 0 aromatic heterocycles. The van der Waals surface area contributed by atoms with Crippen LogP contribution in [0.15, 0.2) is 12.1 Å². The molecule has 2 nitrogen and oxygen atoms in total. The lowest BCUT2D eigenvalue weighted by atomic mass is 9.95. The van der Waals surface area contributed by atoms with E-state index in [4.69, 9.17) is 0 Å². The zero-order valence-corrected chi connectivity index (χ0v) is 27.1. The van der Waals surface area contributed by atoms with E-state index < -0.39 is 0 Å². The molecule has 228 valence electrons. The molecule has 1 rings (SSSR count). The van der Waals surface area contributed by atoms with Crippen molar-refractivity contribution < 1.29 is 5.11 Å². The number of aryl methyl sites for hydroxylation is 2. The van der Waals surface area contributed by atoms with Gasteiger partial charge in [-0.3, -0.25) is 4.90 Å². The Morgan fingerprint density at radius 1 is 0.462 bits per heavy atom. The third-order valence-corrected chi connectivity index (χ3v) is 8.50. The summed E-state index contributed by atoms with van der Waals surface area (Å²) in [7, 11) is 0. The van der Waals surface area contributed by atoms with E-state index in [9.17, 15) is 5.11 Å². The quantitative estimate of drug-likeness (QED) is 0.106. The van der Waals surface area contributed by atoms with E-state index in [0.29, 0.717) is 5.75 Å². The molecule has 0 heterocycles. The summed E-state index contributed by atoms with van der Waals surface area (Å²) in [5, 5.41) is 11.4. The van der Waals surface area contributed by atoms with Crippen LogP contribution in [0.5, 0.6) is 5.75 Å². The topological polar surface area (TPSA) is 23.5 Å². The van der Waals surface area contributed by atoms with Gasteiger partial charge in [0.05, 0.1) is 0 Å². The molecule has 0 unspecified atom stereocenters. The third kappa shape index (κ3) is 18.9. The van der Waals surface area contributed by atoms with E-state index >= 15 is 0 Å². The van der Waals surface area contributed by atoms with Crippen molar-refractivity contribution in [3.63, 3.8) is 0 Å². The van der Waals surface area contributed by atoms with Crippen LogP contribution >= 0.6 is 0 Å². The molecule has 0 radical (unpaired) electrons. The van der Waals surface area contributed by atoms with Gasteiger partial charge in [-0.2, -0.15) is 0 Å². The number of hydrogen-bond acceptors (Lipinski definition) is 2. The van der Waals surface area contributed by atoms with Crippen LogP contribution in [0.2, 0.25) is 0 Å². The highest BCUT2D eigenvalue weighted by Gasteiger charge is 2.14. The molecule has 0 aliphatic carbocycles. The van der Waals surface area contributed by atoms with Gasteiger partial charge in [-0.25, -0.2) is 0 Å². The van der Waals surface area contributed by atoms with E-state index in [1.54, 1.807) is 0 Å². The number of unbranched alkanes of at least 4 members (excludes halogenated alkanes) is 18. The van der Waals surface area contributed by atoms with E-state index in [1.807, 2.05) is 0 Å². The largest absolute Gasteiger partial charge is 0.507 e. The van der Waals surface area contributed by atoms with Crippen molar-refractivity contribution in [3.8, 4) is 5.75 Å². The Bertz CT molecular complexity index is 654. The molecule has 0 aliphatic rings. The van der Waals surface area contributed by atoms with Crippen LogP contribution in [-0.4, -0.2) is 23.1 Å². The Morgan fingerprint density at radius 2 is 0.846 bits per heavy atom. The minimum atomic E-state index is 0.608. The molecule has 39 heavy (non-hydrogen) atoms. The van der Waals surface area contributed by atoms with Crippen LogP contribution in [0, 0.1) is 0 Å². The van der Waals surface area contributed by atoms with Crippen LogP contribution < -0.4 is 0 Å². The van der Waals surface area contributed by atoms with Gasteiger partial charge in [0, 0.05) is 12.1 Å². The molecule has 0 spiro atoms. The first-order chi connectivity index (χ1) is 19.2. The van der Waals surface area contributed by atoms with Crippen LogP contribution in [0.4, 0.5) is 0 Å². The predicted octanol–water partition coefficient (Wildman–Crippen LogP) is 11.9. The zero-order chi connectivity index (χ0) is 28.4. The molecule has 0 saturated carbocycles. The van der Waals surface area contributed by atoms with Gasteiger partial charge in [-0.1, -0.05) is 155 Å². The fourth-order valence-electron chi connectivity index (χ4n) is 5.88. The maximum atomic E-state index is 11.4. The molecule has 2 heteroatoms. The van der Waals surface area contributed by atoms with Crippen molar-refractivity contribution in [2.45, 2.75) is 188 Å². The first kappa shape index (κ1) is 36.0. The number of rotatable bonds is 28. The lowest BCUT2D eigenvalue weighted by Crippen LogP contribution is -2.26. The Morgan fingerprint density at radius 3 is 1.33 bits per heavy atom. The molecule has 0 fully saturated rings. The third-order valence-electron chi connectivity index (χ3n) is 8.50. The fraction of sp³-hybridized carbons (Fsp3) is 0.838. The molecule has 0 bridgehead atoms. The summed E-state index contributed by atoms with van der Waals surface area (Å²) < 4.78 is 0. The fourth-order valence-corrected chi connectivity index (χ4v) is 5.88. The molecular weight excluding hydrogens is 474 g/mol. The number of phenolic OH excluding ortho intramolecular Hbond substituents is 1. The predicted molar refractivity (Wildman–Crippen MR) is 175 cm³/mol. The second-order valence-electron chi connectivity index (χ2n) is 12.4. The highest BCUT2D eigenvalue weighted by atomic mass is 16.3. The number of hydrogen-bond donors (Lipinski definition) is 1. The first-order valence-electron chi connectivity index (χ1n) is 17.7. The van der Waals surface area contributed by atoms with E-state index in [-0.39, 0.29) is 0 Å². The summed E-state index contributed by atoms with van der Waals surface area (Å²) in [5.41, 5.74) is 3.87. The van der Waals surface area contributed by atoms with Crippen LogP contribution in [0.3, 0.4) is 0 Å². The smallest absolute Gasteiger partial charge is 0.123 e. The minimum Gasteiger partial charge on any atom is -0.507 e. The summed E-state index contributed by atoms with van der Waals surface area (Å²) in [6, 6.07) is 4.72. The number of phenols is 1.